The van der Waals surface area contributed by atoms with Crippen molar-refractivity contribution in [2.75, 3.05) is 51.2 Å². The van der Waals surface area contributed by atoms with Gasteiger partial charge in [-0.2, -0.15) is 22.5 Å². The molecule has 1 atom stereocenters. The predicted molar refractivity (Wildman–Crippen MR) is 78.4 cm³/mol. The molecule has 1 aromatic rings. The Labute approximate surface area is 132 Å². The number of pyridine rings is 1. The number of rotatable bonds is 2. The van der Waals surface area contributed by atoms with Gasteiger partial charge in [-0.15, -0.1) is 0 Å². The van der Waals surface area contributed by atoms with E-state index in [1.807, 2.05) is 0 Å². The molecule has 2 aliphatic rings. The molecule has 2 saturated heterocycles. The van der Waals surface area contributed by atoms with Crippen molar-refractivity contribution in [3.63, 3.8) is 0 Å². The Morgan fingerprint density at radius 1 is 0.913 bits per heavy atom. The van der Waals surface area contributed by atoms with Crippen molar-refractivity contribution in [2.24, 2.45) is 0 Å². The molecule has 0 radical (unpaired) electrons. The molecule has 1 aromatic heterocycles. The van der Waals surface area contributed by atoms with Crippen LogP contribution in [0.3, 0.4) is 0 Å². The zero-order valence-corrected chi connectivity index (χ0v) is 13.0. The van der Waals surface area contributed by atoms with E-state index < -0.39 is 29.2 Å². The van der Waals surface area contributed by atoms with E-state index in [4.69, 9.17) is 0 Å². The maximum absolute atomic E-state index is 13.8. The van der Waals surface area contributed by atoms with Crippen LogP contribution in [-0.4, -0.2) is 67.1 Å². The highest BCUT2D eigenvalue weighted by Gasteiger charge is 2.31. The first kappa shape index (κ1) is 16.4. The van der Waals surface area contributed by atoms with E-state index in [2.05, 4.69) is 21.8 Å². The summed E-state index contributed by atoms with van der Waals surface area (Å²) in [5.74, 6) is -6.05. The molecule has 128 valence electrons. The molecule has 0 bridgehead atoms. The van der Waals surface area contributed by atoms with Gasteiger partial charge in [0.05, 0.1) is 0 Å². The molecule has 3 heterocycles. The Morgan fingerprint density at radius 2 is 1.52 bits per heavy atom. The molecule has 1 unspecified atom stereocenters. The average Bonchev–Trinajstić information content (AvgIpc) is 2.54. The average molecular weight is 332 g/mol. The monoisotopic (exact) mass is 332 g/mol. The molecule has 0 aromatic carbocycles. The minimum Gasteiger partial charge on any atom is -0.364 e. The van der Waals surface area contributed by atoms with Crippen molar-refractivity contribution in [3.8, 4) is 0 Å². The van der Waals surface area contributed by atoms with E-state index in [1.54, 1.807) is 0 Å². The molecule has 4 nitrogen and oxygen atoms in total. The fourth-order valence-corrected chi connectivity index (χ4v) is 3.50. The van der Waals surface area contributed by atoms with Crippen molar-refractivity contribution >= 4 is 5.69 Å². The molecule has 0 amide bonds. The van der Waals surface area contributed by atoms with Gasteiger partial charge >= 0.3 is 0 Å². The third-order valence-corrected chi connectivity index (χ3v) is 4.72. The second kappa shape index (κ2) is 6.60. The quantitative estimate of drug-likeness (QED) is 0.609. The first-order chi connectivity index (χ1) is 11.0. The summed E-state index contributed by atoms with van der Waals surface area (Å²) in [7, 11) is 2.08. The minimum absolute atomic E-state index is 0.330. The third kappa shape index (κ3) is 3.28. The van der Waals surface area contributed by atoms with E-state index in [1.165, 1.54) is 4.90 Å². The first-order valence-corrected chi connectivity index (χ1v) is 7.85. The van der Waals surface area contributed by atoms with Gasteiger partial charge in [0.15, 0.2) is 0 Å². The van der Waals surface area contributed by atoms with Crippen molar-refractivity contribution < 1.29 is 17.6 Å². The Balaban J connectivity index is 1.70. The number of aromatic nitrogens is 1. The van der Waals surface area contributed by atoms with E-state index in [9.17, 15) is 17.6 Å². The number of nitrogens with zero attached hydrogens (tertiary/aromatic N) is 4. The Hall–Kier alpha value is -1.41. The summed E-state index contributed by atoms with van der Waals surface area (Å²) in [6.07, 6.45) is 2.23. The Bertz CT molecular complexity index is 549. The maximum atomic E-state index is 13.8. The number of hydrogen-bond acceptors (Lipinski definition) is 4. The number of likely N-dealkylation sites (tertiary alicyclic amines) is 1. The molecular weight excluding hydrogens is 312 g/mol. The van der Waals surface area contributed by atoms with Gasteiger partial charge < -0.3 is 9.80 Å². The molecule has 0 N–H and O–H groups in total. The highest BCUT2D eigenvalue weighted by Crippen LogP contribution is 2.28. The van der Waals surface area contributed by atoms with Crippen LogP contribution in [0.4, 0.5) is 23.2 Å². The van der Waals surface area contributed by atoms with Crippen LogP contribution in [0, 0.1) is 23.5 Å². The van der Waals surface area contributed by atoms with Crippen molar-refractivity contribution in [2.45, 2.75) is 18.9 Å². The Kier molecular flexibility index (Phi) is 4.72. The van der Waals surface area contributed by atoms with E-state index in [0.29, 0.717) is 32.2 Å². The molecule has 2 fully saturated rings. The molecule has 0 saturated carbocycles. The van der Waals surface area contributed by atoms with Gasteiger partial charge in [0.25, 0.3) is 11.9 Å². The number of hydrogen-bond donors (Lipinski definition) is 0. The summed E-state index contributed by atoms with van der Waals surface area (Å²) < 4.78 is 54.1. The highest BCUT2D eigenvalue weighted by atomic mass is 19.2. The largest absolute Gasteiger partial charge is 0.364 e. The summed E-state index contributed by atoms with van der Waals surface area (Å²) in [4.78, 5) is 8.52. The molecule has 8 heteroatoms. The van der Waals surface area contributed by atoms with Gasteiger partial charge in [0.1, 0.15) is 5.69 Å². The fraction of sp³-hybridized carbons (Fsp3) is 0.667. The van der Waals surface area contributed by atoms with E-state index >= 15 is 0 Å². The molecule has 0 aliphatic carbocycles. The first-order valence-electron chi connectivity index (χ1n) is 7.85. The fourth-order valence-electron chi connectivity index (χ4n) is 3.50. The van der Waals surface area contributed by atoms with Gasteiger partial charge in [-0.25, -0.2) is 0 Å². The summed E-state index contributed by atoms with van der Waals surface area (Å²) in [6.45, 7) is 3.95. The molecule has 3 rings (SSSR count). The van der Waals surface area contributed by atoms with Gasteiger partial charge in [-0.1, -0.05) is 0 Å². The van der Waals surface area contributed by atoms with Crippen LogP contribution in [0.15, 0.2) is 0 Å². The van der Waals surface area contributed by atoms with Crippen LogP contribution >= 0.6 is 0 Å². The van der Waals surface area contributed by atoms with Gasteiger partial charge in [-0.05, 0) is 26.4 Å². The number of anilines is 1. The van der Waals surface area contributed by atoms with Crippen LogP contribution in [0.5, 0.6) is 0 Å². The lowest BCUT2D eigenvalue weighted by molar-refractivity contribution is 0.106. The minimum atomic E-state index is -1.60. The molecule has 2 aliphatic heterocycles. The summed E-state index contributed by atoms with van der Waals surface area (Å²) >= 11 is 0. The maximum Gasteiger partial charge on any atom is 0.253 e. The molecule has 23 heavy (non-hydrogen) atoms. The third-order valence-electron chi connectivity index (χ3n) is 4.72. The van der Waals surface area contributed by atoms with Crippen molar-refractivity contribution in [1.29, 1.82) is 0 Å². The van der Waals surface area contributed by atoms with Gasteiger partial charge in [0, 0.05) is 38.8 Å². The van der Waals surface area contributed by atoms with E-state index in [-0.39, 0.29) is 0 Å². The normalized spacial score (nSPS) is 24.2. The van der Waals surface area contributed by atoms with Crippen LogP contribution in [0.25, 0.3) is 0 Å². The highest BCUT2D eigenvalue weighted by molar-refractivity contribution is 5.49. The summed E-state index contributed by atoms with van der Waals surface area (Å²) in [6, 6.07) is 0.427. The van der Waals surface area contributed by atoms with Gasteiger partial charge in [0.2, 0.25) is 11.6 Å². The van der Waals surface area contributed by atoms with Crippen LogP contribution < -0.4 is 4.90 Å². The number of piperazine rings is 1. The number of piperidine rings is 1. The van der Waals surface area contributed by atoms with Crippen LogP contribution in [0.1, 0.15) is 12.8 Å². The zero-order chi connectivity index (χ0) is 16.6. The smallest absolute Gasteiger partial charge is 0.253 e. The summed E-state index contributed by atoms with van der Waals surface area (Å²) in [5, 5.41) is 0. The zero-order valence-electron chi connectivity index (χ0n) is 13.0. The SMILES string of the molecule is CN1CCCC(N2CCN(c3c(F)c(F)nc(F)c3F)CC2)C1. The lowest BCUT2D eigenvalue weighted by atomic mass is 10.0. The Morgan fingerprint density at radius 3 is 2.09 bits per heavy atom. The van der Waals surface area contributed by atoms with Crippen LogP contribution in [-0.2, 0) is 0 Å². The number of halogens is 4. The van der Waals surface area contributed by atoms with Crippen molar-refractivity contribution in [3.05, 3.63) is 23.5 Å². The lowest BCUT2D eigenvalue weighted by Crippen LogP contribution is -2.54. The topological polar surface area (TPSA) is 22.6 Å². The second-order valence-electron chi connectivity index (χ2n) is 6.25. The van der Waals surface area contributed by atoms with Crippen molar-refractivity contribution in [1.82, 2.24) is 14.8 Å². The predicted octanol–water partition coefficient (Wildman–Crippen LogP) is 1.85. The van der Waals surface area contributed by atoms with E-state index in [0.717, 1.165) is 25.9 Å². The number of likely N-dealkylation sites (N-methyl/N-ethyl adjacent to an activating group) is 1. The van der Waals surface area contributed by atoms with Gasteiger partial charge in [-0.3, -0.25) is 4.90 Å². The lowest BCUT2D eigenvalue weighted by Gasteiger charge is -2.43. The standard InChI is InChI=1S/C15H20F4N4/c1-21-4-2-3-10(9-21)22-5-7-23(8-6-22)13-11(16)14(18)20-15(19)12(13)17/h10H,2-9H2,1H3. The molecule has 0 spiro atoms. The van der Waals surface area contributed by atoms with Crippen LogP contribution in [0.2, 0.25) is 0 Å². The second-order valence-corrected chi connectivity index (χ2v) is 6.25. The summed E-state index contributed by atoms with van der Waals surface area (Å²) in [5.41, 5.74) is -0.643. The molecular formula is C15H20F4N4.